The van der Waals surface area contributed by atoms with Crippen LogP contribution in [-0.4, -0.2) is 19.8 Å². The van der Waals surface area contributed by atoms with Crippen molar-refractivity contribution in [2.45, 2.75) is 19.4 Å². The van der Waals surface area contributed by atoms with E-state index in [1.54, 1.807) is 7.11 Å². The van der Waals surface area contributed by atoms with Gasteiger partial charge in [0.2, 0.25) is 0 Å². The molecule has 13 heavy (non-hydrogen) atoms. The Morgan fingerprint density at radius 2 is 2.31 bits per heavy atom. The van der Waals surface area contributed by atoms with Gasteiger partial charge in [-0.25, -0.2) is 0 Å². The Labute approximate surface area is 78.5 Å². The Morgan fingerprint density at radius 3 is 2.92 bits per heavy atom. The van der Waals surface area contributed by atoms with Gasteiger partial charge in [-0.1, -0.05) is 17.7 Å². The minimum absolute atomic E-state index is 0.427. The molecule has 1 aliphatic heterocycles. The average molecular weight is 178 g/mol. The summed E-state index contributed by atoms with van der Waals surface area (Å²) in [7, 11) is 1.71. The lowest BCUT2D eigenvalue weighted by atomic mass is 10.1. The van der Waals surface area contributed by atoms with Gasteiger partial charge in [-0.3, -0.25) is 0 Å². The Balaban J connectivity index is 2.22. The number of epoxide rings is 1. The molecular weight excluding hydrogens is 164 g/mol. The molecule has 0 N–H and O–H groups in total. The fourth-order valence-corrected chi connectivity index (χ4v) is 1.50. The van der Waals surface area contributed by atoms with Gasteiger partial charge >= 0.3 is 0 Å². The molecule has 1 aromatic carbocycles. The zero-order valence-electron chi connectivity index (χ0n) is 8.04. The van der Waals surface area contributed by atoms with Crippen molar-refractivity contribution in [1.82, 2.24) is 0 Å². The monoisotopic (exact) mass is 178 g/mol. The highest BCUT2D eigenvalue weighted by molar-refractivity contribution is 5.37. The van der Waals surface area contributed by atoms with Crippen LogP contribution < -0.4 is 4.74 Å². The third-order valence-electron chi connectivity index (χ3n) is 2.29. The molecule has 0 radical (unpaired) electrons. The van der Waals surface area contributed by atoms with Crippen LogP contribution >= 0.6 is 0 Å². The minimum Gasteiger partial charge on any atom is -0.496 e. The number of hydrogen-bond acceptors (Lipinski definition) is 2. The SMILES string of the molecule is COc1ccc(C)cc1CC1CO1. The van der Waals surface area contributed by atoms with Gasteiger partial charge in [-0.2, -0.15) is 0 Å². The Bertz CT molecular complexity index is 303. The Kier molecular flexibility index (Phi) is 2.23. The van der Waals surface area contributed by atoms with Crippen molar-refractivity contribution in [3.63, 3.8) is 0 Å². The maximum Gasteiger partial charge on any atom is 0.122 e. The largest absolute Gasteiger partial charge is 0.496 e. The van der Waals surface area contributed by atoms with Crippen molar-refractivity contribution in [1.29, 1.82) is 0 Å². The first-order valence-electron chi connectivity index (χ1n) is 4.54. The molecule has 0 amide bonds. The molecule has 2 heteroatoms. The molecule has 0 spiro atoms. The topological polar surface area (TPSA) is 21.8 Å². The highest BCUT2D eigenvalue weighted by atomic mass is 16.6. The highest BCUT2D eigenvalue weighted by Crippen LogP contribution is 2.25. The summed E-state index contributed by atoms with van der Waals surface area (Å²) in [6.07, 6.45) is 1.40. The fraction of sp³-hybridized carbons (Fsp3) is 0.455. The van der Waals surface area contributed by atoms with Gasteiger partial charge in [0.25, 0.3) is 0 Å². The number of ether oxygens (including phenoxy) is 2. The van der Waals surface area contributed by atoms with Crippen molar-refractivity contribution in [2.75, 3.05) is 13.7 Å². The van der Waals surface area contributed by atoms with Gasteiger partial charge in [0.05, 0.1) is 19.8 Å². The van der Waals surface area contributed by atoms with E-state index in [9.17, 15) is 0 Å². The number of hydrogen-bond donors (Lipinski definition) is 0. The van der Waals surface area contributed by atoms with Crippen molar-refractivity contribution in [2.24, 2.45) is 0 Å². The summed E-state index contributed by atoms with van der Waals surface area (Å²) in [5.41, 5.74) is 2.53. The van der Waals surface area contributed by atoms with E-state index in [4.69, 9.17) is 9.47 Å². The standard InChI is InChI=1S/C11H14O2/c1-8-3-4-11(12-2)9(5-8)6-10-7-13-10/h3-5,10H,6-7H2,1-2H3. The maximum atomic E-state index is 5.27. The van der Waals surface area contributed by atoms with Crippen LogP contribution in [0.15, 0.2) is 18.2 Å². The number of aryl methyl sites for hydroxylation is 1. The summed E-state index contributed by atoms with van der Waals surface area (Å²) >= 11 is 0. The van der Waals surface area contributed by atoms with Gasteiger partial charge in [-0.15, -0.1) is 0 Å². The van der Waals surface area contributed by atoms with Crippen LogP contribution in [0.3, 0.4) is 0 Å². The predicted molar refractivity (Wildman–Crippen MR) is 51.2 cm³/mol. The summed E-state index contributed by atoms with van der Waals surface area (Å²) in [5.74, 6) is 0.973. The normalized spacial score (nSPS) is 20.0. The first-order chi connectivity index (χ1) is 6.29. The van der Waals surface area contributed by atoms with Crippen molar-refractivity contribution < 1.29 is 9.47 Å². The van der Waals surface area contributed by atoms with Crippen molar-refractivity contribution in [3.05, 3.63) is 29.3 Å². The molecule has 0 aliphatic carbocycles. The van der Waals surface area contributed by atoms with Gasteiger partial charge < -0.3 is 9.47 Å². The molecule has 70 valence electrons. The third kappa shape index (κ3) is 2.01. The summed E-state index contributed by atoms with van der Waals surface area (Å²) in [6.45, 7) is 2.99. The van der Waals surface area contributed by atoms with E-state index in [1.807, 2.05) is 6.07 Å². The van der Waals surface area contributed by atoms with E-state index in [1.165, 1.54) is 11.1 Å². The molecule has 1 aliphatic rings. The Hall–Kier alpha value is -1.02. The smallest absolute Gasteiger partial charge is 0.122 e. The van der Waals surface area contributed by atoms with Gasteiger partial charge in [0, 0.05) is 6.42 Å². The second-order valence-electron chi connectivity index (χ2n) is 3.47. The van der Waals surface area contributed by atoms with Gasteiger partial charge in [-0.05, 0) is 18.6 Å². The molecular formula is C11H14O2. The lowest BCUT2D eigenvalue weighted by Gasteiger charge is -2.07. The maximum absolute atomic E-state index is 5.27. The third-order valence-corrected chi connectivity index (χ3v) is 2.29. The molecule has 0 aromatic heterocycles. The molecule has 1 heterocycles. The number of methoxy groups -OCH3 is 1. The number of rotatable bonds is 3. The van der Waals surface area contributed by atoms with Crippen LogP contribution in [0, 0.1) is 6.92 Å². The van der Waals surface area contributed by atoms with E-state index in [0.29, 0.717) is 6.10 Å². The molecule has 2 rings (SSSR count). The lowest BCUT2D eigenvalue weighted by molar-refractivity contribution is 0.390. The molecule has 0 saturated carbocycles. The van der Waals surface area contributed by atoms with Crippen LogP contribution in [-0.2, 0) is 11.2 Å². The fourth-order valence-electron chi connectivity index (χ4n) is 1.50. The average Bonchev–Trinajstić information content (AvgIpc) is 2.89. The van der Waals surface area contributed by atoms with Crippen molar-refractivity contribution >= 4 is 0 Å². The first-order valence-corrected chi connectivity index (χ1v) is 4.54. The quantitative estimate of drug-likeness (QED) is 0.660. The molecule has 1 atom stereocenters. The molecule has 0 bridgehead atoms. The van der Waals surface area contributed by atoms with Crippen molar-refractivity contribution in [3.8, 4) is 5.75 Å². The van der Waals surface area contributed by atoms with Gasteiger partial charge in [0.1, 0.15) is 5.75 Å². The summed E-state index contributed by atoms with van der Waals surface area (Å²) in [6, 6.07) is 6.25. The van der Waals surface area contributed by atoms with E-state index in [0.717, 1.165) is 18.8 Å². The number of benzene rings is 1. The van der Waals surface area contributed by atoms with Crippen LogP contribution in [0.25, 0.3) is 0 Å². The molecule has 1 unspecified atom stereocenters. The minimum atomic E-state index is 0.427. The van der Waals surface area contributed by atoms with E-state index < -0.39 is 0 Å². The van der Waals surface area contributed by atoms with E-state index >= 15 is 0 Å². The predicted octanol–water partition coefficient (Wildman–Crippen LogP) is 1.94. The zero-order chi connectivity index (χ0) is 9.26. The molecule has 2 nitrogen and oxygen atoms in total. The summed E-state index contributed by atoms with van der Waals surface area (Å²) in [5, 5.41) is 0. The summed E-state index contributed by atoms with van der Waals surface area (Å²) in [4.78, 5) is 0. The van der Waals surface area contributed by atoms with E-state index in [2.05, 4.69) is 19.1 Å². The van der Waals surface area contributed by atoms with Crippen LogP contribution in [0.2, 0.25) is 0 Å². The lowest BCUT2D eigenvalue weighted by Crippen LogP contribution is -1.97. The van der Waals surface area contributed by atoms with Crippen LogP contribution in [0.5, 0.6) is 5.75 Å². The van der Waals surface area contributed by atoms with Crippen LogP contribution in [0.4, 0.5) is 0 Å². The van der Waals surface area contributed by atoms with Gasteiger partial charge in [0.15, 0.2) is 0 Å². The second kappa shape index (κ2) is 3.38. The highest BCUT2D eigenvalue weighted by Gasteiger charge is 2.23. The Morgan fingerprint density at radius 1 is 1.54 bits per heavy atom. The second-order valence-corrected chi connectivity index (χ2v) is 3.47. The first kappa shape index (κ1) is 8.57. The van der Waals surface area contributed by atoms with E-state index in [-0.39, 0.29) is 0 Å². The van der Waals surface area contributed by atoms with Crippen LogP contribution in [0.1, 0.15) is 11.1 Å². The summed E-state index contributed by atoms with van der Waals surface area (Å²) < 4.78 is 10.5. The molecule has 1 aromatic rings. The zero-order valence-corrected chi connectivity index (χ0v) is 8.04. The molecule has 1 saturated heterocycles. The molecule has 1 fully saturated rings.